The first kappa shape index (κ1) is 25.4. The number of hydrogen-bond donors (Lipinski definition) is 3. The molecule has 1 unspecified atom stereocenters. The van der Waals surface area contributed by atoms with Crippen molar-refractivity contribution in [1.82, 2.24) is 9.62 Å². The fraction of sp³-hybridized carbons (Fsp3) is 0.500. The lowest BCUT2D eigenvalue weighted by Crippen LogP contribution is -2.41. The van der Waals surface area contributed by atoms with Gasteiger partial charge in [-0.05, 0) is 18.4 Å². The molecule has 1 aliphatic heterocycles. The van der Waals surface area contributed by atoms with E-state index in [4.69, 9.17) is 4.42 Å². The van der Waals surface area contributed by atoms with E-state index in [0.717, 1.165) is 16.9 Å². The predicted octanol–water partition coefficient (Wildman–Crippen LogP) is 3.56. The lowest BCUT2D eigenvalue weighted by Gasteiger charge is -2.31. The van der Waals surface area contributed by atoms with E-state index in [0.29, 0.717) is 4.88 Å². The third-order valence-electron chi connectivity index (χ3n) is 5.14. The molecule has 0 radical (unpaired) electrons. The second-order valence-corrected chi connectivity index (χ2v) is 12.7. The van der Waals surface area contributed by atoms with Gasteiger partial charge in [-0.2, -0.15) is 4.31 Å². The first-order valence-electron chi connectivity index (χ1n) is 10.4. The van der Waals surface area contributed by atoms with Crippen LogP contribution in [-0.2, 0) is 21.2 Å². The van der Waals surface area contributed by atoms with Crippen molar-refractivity contribution in [3.63, 3.8) is 0 Å². The van der Waals surface area contributed by atoms with Crippen molar-refractivity contribution >= 4 is 49.9 Å². The maximum Gasteiger partial charge on any atom is 0.269 e. The number of rotatable bonds is 7. The van der Waals surface area contributed by atoms with Crippen LogP contribution in [0.5, 0.6) is 5.75 Å². The molecular weight excluding hydrogens is 486 g/mol. The number of hydrogen-bond acceptors (Lipinski definition) is 8. The van der Waals surface area contributed by atoms with Crippen LogP contribution >= 0.6 is 11.3 Å². The minimum absolute atomic E-state index is 0.147. The van der Waals surface area contributed by atoms with Crippen LogP contribution in [0.4, 0.5) is 5.69 Å². The summed E-state index contributed by atoms with van der Waals surface area (Å²) in [5.74, 6) is -0.00647. The maximum absolute atomic E-state index is 12.9. The smallest absolute Gasteiger partial charge is 0.269 e. The minimum atomic E-state index is -3.85. The van der Waals surface area contributed by atoms with Crippen LogP contribution in [-0.4, -0.2) is 46.8 Å². The van der Waals surface area contributed by atoms with Gasteiger partial charge in [0, 0.05) is 23.5 Å². The van der Waals surface area contributed by atoms with E-state index in [9.17, 15) is 17.7 Å². The Labute approximate surface area is 200 Å². The standard InChI is InChI=1S/C20H29N5O5S3/c1-7-25(8-2)33(28,29)19-15(26)14(12(3)31-19)21-17-18(24-32(27)23-17)22-16(20(4,5)6)13-9-10-30-11-13/h9-11,16,26H,7-8H2,1-6H3,(H,21,23)(H,22,24)/t16-,32?/m0/s1. The molecule has 0 spiro atoms. The Morgan fingerprint density at radius 1 is 1.24 bits per heavy atom. The highest BCUT2D eigenvalue weighted by molar-refractivity contribution is 7.91. The zero-order valence-corrected chi connectivity index (χ0v) is 21.8. The highest BCUT2D eigenvalue weighted by atomic mass is 32.2. The van der Waals surface area contributed by atoms with Gasteiger partial charge in [-0.1, -0.05) is 34.6 Å². The number of nitrogens with zero attached hydrogens (tertiary/aromatic N) is 3. The Kier molecular flexibility index (Phi) is 7.36. The number of aromatic hydroxyl groups is 1. The number of furan rings is 1. The summed E-state index contributed by atoms with van der Waals surface area (Å²) in [7, 11) is -3.85. The molecule has 33 heavy (non-hydrogen) atoms. The molecule has 10 nitrogen and oxygen atoms in total. The number of nitrogens with one attached hydrogen (secondary N) is 2. The van der Waals surface area contributed by atoms with E-state index in [2.05, 4.69) is 19.4 Å². The van der Waals surface area contributed by atoms with E-state index in [1.54, 1.807) is 33.3 Å². The van der Waals surface area contributed by atoms with Crippen molar-refractivity contribution in [1.29, 1.82) is 0 Å². The minimum Gasteiger partial charge on any atom is -0.504 e. The molecule has 0 saturated heterocycles. The molecule has 0 aromatic carbocycles. The number of anilines is 1. The van der Waals surface area contributed by atoms with Crippen LogP contribution < -0.4 is 10.6 Å². The molecule has 0 fully saturated rings. The van der Waals surface area contributed by atoms with Crippen molar-refractivity contribution in [2.75, 3.05) is 18.4 Å². The molecule has 13 heteroatoms. The van der Waals surface area contributed by atoms with Crippen LogP contribution in [0.25, 0.3) is 0 Å². The first-order valence-corrected chi connectivity index (χ1v) is 13.7. The molecule has 1 aliphatic rings. The van der Waals surface area contributed by atoms with Crippen molar-refractivity contribution in [2.24, 2.45) is 14.2 Å². The molecule has 182 valence electrons. The molecule has 2 aromatic heterocycles. The summed E-state index contributed by atoms with van der Waals surface area (Å²) in [6, 6.07) is 1.59. The van der Waals surface area contributed by atoms with Crippen LogP contribution in [0, 0.1) is 12.3 Å². The molecule has 2 aromatic rings. The van der Waals surface area contributed by atoms with Gasteiger partial charge in [-0.3, -0.25) is 0 Å². The highest BCUT2D eigenvalue weighted by Gasteiger charge is 2.34. The Morgan fingerprint density at radius 2 is 1.88 bits per heavy atom. The number of sulfonamides is 1. The fourth-order valence-electron chi connectivity index (χ4n) is 3.44. The van der Waals surface area contributed by atoms with E-state index in [1.165, 1.54) is 4.31 Å². The quantitative estimate of drug-likeness (QED) is 0.513. The molecule has 0 bridgehead atoms. The monoisotopic (exact) mass is 515 g/mol. The van der Waals surface area contributed by atoms with E-state index in [1.807, 2.05) is 26.8 Å². The molecule has 0 aliphatic carbocycles. The van der Waals surface area contributed by atoms with Gasteiger partial charge in [-0.15, -0.1) is 20.1 Å². The third kappa shape index (κ3) is 5.15. The van der Waals surface area contributed by atoms with Crippen LogP contribution in [0.3, 0.4) is 0 Å². The normalized spacial score (nSPS) is 17.7. The summed E-state index contributed by atoms with van der Waals surface area (Å²) in [6.45, 7) is 11.8. The average molecular weight is 516 g/mol. The van der Waals surface area contributed by atoms with Crippen molar-refractivity contribution in [3.05, 3.63) is 29.0 Å². The molecule has 0 saturated carbocycles. The second kappa shape index (κ2) is 9.57. The van der Waals surface area contributed by atoms with Gasteiger partial charge in [0.2, 0.25) is 0 Å². The SMILES string of the molecule is CCN(CC)S(=O)(=O)c1sc(C)c(NC2=NS(=O)N=C2N[C@@H](c2ccoc2)C(C)(C)C)c1O. The molecule has 3 N–H and O–H groups in total. The average Bonchev–Trinajstić information content (AvgIpc) is 3.42. The lowest BCUT2D eigenvalue weighted by atomic mass is 9.83. The summed E-state index contributed by atoms with van der Waals surface area (Å²) >= 11 is -0.895. The summed E-state index contributed by atoms with van der Waals surface area (Å²) in [5, 5.41) is 17.0. The van der Waals surface area contributed by atoms with Crippen LogP contribution in [0.2, 0.25) is 0 Å². The molecule has 2 atom stereocenters. The first-order chi connectivity index (χ1) is 15.4. The Morgan fingerprint density at radius 3 is 2.42 bits per heavy atom. The van der Waals surface area contributed by atoms with E-state index < -0.39 is 26.9 Å². The maximum atomic E-state index is 12.9. The summed E-state index contributed by atoms with van der Waals surface area (Å²) in [6.07, 6.45) is 3.20. The number of amidine groups is 2. The Balaban J connectivity index is 1.92. The number of aryl methyl sites for hydroxylation is 1. The van der Waals surface area contributed by atoms with Gasteiger partial charge >= 0.3 is 0 Å². The molecular formula is C20H29N5O5S3. The molecule has 0 amide bonds. The van der Waals surface area contributed by atoms with Crippen molar-refractivity contribution in [2.45, 2.75) is 51.8 Å². The second-order valence-electron chi connectivity index (χ2n) is 8.49. The zero-order chi connectivity index (χ0) is 24.6. The lowest BCUT2D eigenvalue weighted by molar-refractivity contribution is 0.302. The van der Waals surface area contributed by atoms with Gasteiger partial charge in [0.15, 0.2) is 21.6 Å². The van der Waals surface area contributed by atoms with E-state index >= 15 is 0 Å². The van der Waals surface area contributed by atoms with Gasteiger partial charge in [0.05, 0.1) is 24.3 Å². The van der Waals surface area contributed by atoms with Gasteiger partial charge in [0.25, 0.3) is 21.2 Å². The largest absolute Gasteiger partial charge is 0.504 e. The van der Waals surface area contributed by atoms with Crippen LogP contribution in [0.1, 0.15) is 51.1 Å². The predicted molar refractivity (Wildman–Crippen MR) is 132 cm³/mol. The van der Waals surface area contributed by atoms with E-state index in [-0.39, 0.29) is 46.1 Å². The van der Waals surface area contributed by atoms with Gasteiger partial charge in [0.1, 0.15) is 0 Å². The van der Waals surface area contributed by atoms with Crippen LogP contribution in [0.15, 0.2) is 36.0 Å². The third-order valence-corrected chi connectivity index (χ3v) is 9.44. The van der Waals surface area contributed by atoms with Gasteiger partial charge in [-0.25, -0.2) is 12.6 Å². The summed E-state index contributed by atoms with van der Waals surface area (Å²) in [5.41, 5.74) is 0.811. The van der Waals surface area contributed by atoms with Crippen molar-refractivity contribution < 1.29 is 22.2 Å². The van der Waals surface area contributed by atoms with Crippen molar-refractivity contribution in [3.8, 4) is 5.75 Å². The highest BCUT2D eigenvalue weighted by Crippen LogP contribution is 2.43. The summed E-state index contributed by atoms with van der Waals surface area (Å²) in [4.78, 5) is 0.542. The Bertz CT molecular complexity index is 1190. The number of thiophene rings is 1. The topological polar surface area (TPSA) is 137 Å². The zero-order valence-electron chi connectivity index (χ0n) is 19.4. The molecule has 3 heterocycles. The summed E-state index contributed by atoms with van der Waals surface area (Å²) < 4.78 is 52.5. The Hall–Kier alpha value is -2.22. The molecule has 3 rings (SSSR count). The van der Waals surface area contributed by atoms with Gasteiger partial charge < -0.3 is 20.2 Å². The fourth-order valence-corrected chi connectivity index (χ4v) is 7.17.